The fourth-order valence-electron chi connectivity index (χ4n) is 4.34. The van der Waals surface area contributed by atoms with Gasteiger partial charge in [-0.1, -0.05) is 31.8 Å². The summed E-state index contributed by atoms with van der Waals surface area (Å²) in [7, 11) is -3.02. The minimum atomic E-state index is -3.02. The highest BCUT2D eigenvalue weighted by Crippen LogP contribution is 2.37. The molecule has 0 aromatic carbocycles. The molecule has 0 spiro atoms. The Balaban J connectivity index is 1.59. The van der Waals surface area contributed by atoms with Crippen LogP contribution < -0.4 is 0 Å². The number of aryl methyl sites for hydroxylation is 1. The Hall–Kier alpha value is -0.910. The van der Waals surface area contributed by atoms with E-state index >= 15 is 0 Å². The van der Waals surface area contributed by atoms with Crippen molar-refractivity contribution in [2.24, 2.45) is 11.8 Å². The molecule has 2 unspecified atom stereocenters. The molecule has 2 fully saturated rings. The van der Waals surface area contributed by atoms with Gasteiger partial charge in [0.1, 0.15) is 0 Å². The van der Waals surface area contributed by atoms with Crippen LogP contribution in [0, 0.1) is 11.8 Å². The lowest BCUT2D eigenvalue weighted by Gasteiger charge is -2.29. The van der Waals surface area contributed by atoms with Crippen LogP contribution >= 0.6 is 0 Å². The molecule has 3 rings (SSSR count). The summed E-state index contributed by atoms with van der Waals surface area (Å²) in [6.45, 7) is 4.55. The first-order valence-corrected chi connectivity index (χ1v) is 10.7. The molecule has 2 aliphatic carbocycles. The summed E-state index contributed by atoms with van der Waals surface area (Å²) < 4.78 is 29.9. The van der Waals surface area contributed by atoms with Crippen LogP contribution in [-0.2, 0) is 16.3 Å². The molecule has 0 bridgehead atoms. The lowest BCUT2D eigenvalue weighted by atomic mass is 9.76. The van der Waals surface area contributed by atoms with Gasteiger partial charge in [0.05, 0.1) is 11.0 Å². The van der Waals surface area contributed by atoms with Gasteiger partial charge in [0.2, 0.25) is 5.89 Å². The van der Waals surface area contributed by atoms with Gasteiger partial charge in [0.25, 0.3) is 0 Å². The topological polar surface area (TPSA) is 73.1 Å². The van der Waals surface area contributed by atoms with E-state index in [1.165, 1.54) is 6.42 Å². The van der Waals surface area contributed by atoms with E-state index < -0.39 is 9.84 Å². The zero-order valence-corrected chi connectivity index (χ0v) is 15.0. The van der Waals surface area contributed by atoms with Crippen LogP contribution in [0.5, 0.6) is 0 Å². The Morgan fingerprint density at radius 2 is 1.74 bits per heavy atom. The number of hydrogen-bond donors (Lipinski definition) is 0. The molecule has 5 nitrogen and oxygen atoms in total. The molecule has 6 heteroatoms. The van der Waals surface area contributed by atoms with Crippen LogP contribution in [0.4, 0.5) is 0 Å². The van der Waals surface area contributed by atoms with E-state index in [1.807, 2.05) is 0 Å². The molecule has 2 aliphatic rings. The third kappa shape index (κ3) is 4.14. The maximum Gasteiger partial charge on any atom is 0.227 e. The molecule has 0 amide bonds. The van der Waals surface area contributed by atoms with Crippen LogP contribution in [0.1, 0.15) is 76.4 Å². The number of rotatable bonds is 5. The Labute approximate surface area is 139 Å². The summed E-state index contributed by atoms with van der Waals surface area (Å²) in [4.78, 5) is 4.49. The van der Waals surface area contributed by atoms with Gasteiger partial charge >= 0.3 is 0 Å². The highest BCUT2D eigenvalue weighted by Gasteiger charge is 2.30. The van der Waals surface area contributed by atoms with Gasteiger partial charge in [0.15, 0.2) is 15.7 Å². The molecule has 2 atom stereocenters. The normalized spacial score (nSPS) is 29.9. The molecule has 1 aromatic heterocycles. The molecular formula is C17H28N2O3S. The Morgan fingerprint density at radius 1 is 1.09 bits per heavy atom. The summed E-state index contributed by atoms with van der Waals surface area (Å²) in [5.41, 5.74) is 0. The standard InChI is InChI=1S/C17H28N2O3S/c1-12-9-13(2)11-14(10-12)17-18-16(22-19-17)7-8-23(20,21)15-5-3-4-6-15/h12-15H,3-11H2,1-2H3. The van der Waals surface area contributed by atoms with Crippen molar-refractivity contribution in [1.82, 2.24) is 10.1 Å². The Bertz CT molecular complexity index is 610. The second-order valence-electron chi connectivity index (χ2n) is 7.68. The quantitative estimate of drug-likeness (QED) is 0.820. The van der Waals surface area contributed by atoms with Crippen LogP contribution in [-0.4, -0.2) is 29.6 Å². The Morgan fingerprint density at radius 3 is 2.39 bits per heavy atom. The SMILES string of the molecule is CC1CC(C)CC(c2noc(CCS(=O)(=O)C3CCCC3)n2)C1. The van der Waals surface area contributed by atoms with Gasteiger partial charge in [-0.15, -0.1) is 0 Å². The van der Waals surface area contributed by atoms with E-state index in [-0.39, 0.29) is 11.0 Å². The third-order valence-corrected chi connectivity index (χ3v) is 7.70. The van der Waals surface area contributed by atoms with Gasteiger partial charge in [-0.2, -0.15) is 4.98 Å². The van der Waals surface area contributed by atoms with Gasteiger partial charge in [0, 0.05) is 12.3 Å². The first kappa shape index (κ1) is 16.9. The summed E-state index contributed by atoms with van der Waals surface area (Å²) in [5.74, 6) is 3.13. The van der Waals surface area contributed by atoms with E-state index in [1.54, 1.807) is 0 Å². The summed E-state index contributed by atoms with van der Waals surface area (Å²) in [5, 5.41) is 3.98. The maximum atomic E-state index is 12.3. The van der Waals surface area contributed by atoms with Crippen molar-refractivity contribution in [3.8, 4) is 0 Å². The summed E-state index contributed by atoms with van der Waals surface area (Å²) >= 11 is 0. The predicted octanol–water partition coefficient (Wildman–Crippen LogP) is 3.51. The highest BCUT2D eigenvalue weighted by atomic mass is 32.2. The smallest absolute Gasteiger partial charge is 0.227 e. The van der Waals surface area contributed by atoms with Gasteiger partial charge in [-0.05, 0) is 43.9 Å². The lowest BCUT2D eigenvalue weighted by molar-refractivity contribution is 0.257. The maximum absolute atomic E-state index is 12.3. The fraction of sp³-hybridized carbons (Fsp3) is 0.882. The molecule has 0 aliphatic heterocycles. The van der Waals surface area contributed by atoms with E-state index in [9.17, 15) is 8.42 Å². The van der Waals surface area contributed by atoms with Gasteiger partial charge in [-0.25, -0.2) is 8.42 Å². The Kier molecular flexibility index (Phi) is 5.09. The number of nitrogens with zero attached hydrogens (tertiary/aromatic N) is 2. The van der Waals surface area contributed by atoms with Crippen molar-refractivity contribution in [3.63, 3.8) is 0 Å². The molecular weight excluding hydrogens is 312 g/mol. The van der Waals surface area contributed by atoms with Crippen LogP contribution in [0.2, 0.25) is 0 Å². The first-order chi connectivity index (χ1) is 10.9. The molecule has 23 heavy (non-hydrogen) atoms. The second kappa shape index (κ2) is 6.91. The zero-order valence-electron chi connectivity index (χ0n) is 14.2. The fourth-order valence-corrected chi connectivity index (χ4v) is 6.18. The van der Waals surface area contributed by atoms with E-state index in [4.69, 9.17) is 4.52 Å². The predicted molar refractivity (Wildman–Crippen MR) is 89.0 cm³/mol. The second-order valence-corrected chi connectivity index (χ2v) is 10.1. The number of aromatic nitrogens is 2. The highest BCUT2D eigenvalue weighted by molar-refractivity contribution is 7.92. The van der Waals surface area contributed by atoms with Gasteiger partial charge < -0.3 is 4.52 Å². The van der Waals surface area contributed by atoms with Crippen molar-refractivity contribution in [1.29, 1.82) is 0 Å². The van der Waals surface area contributed by atoms with Crippen molar-refractivity contribution in [2.45, 2.75) is 76.4 Å². The molecule has 130 valence electrons. The minimum Gasteiger partial charge on any atom is -0.339 e. The molecule has 2 saturated carbocycles. The van der Waals surface area contributed by atoms with E-state index in [2.05, 4.69) is 24.0 Å². The molecule has 0 saturated heterocycles. The van der Waals surface area contributed by atoms with Crippen molar-refractivity contribution in [3.05, 3.63) is 11.7 Å². The van der Waals surface area contributed by atoms with Crippen molar-refractivity contribution >= 4 is 9.84 Å². The number of hydrogen-bond acceptors (Lipinski definition) is 5. The van der Waals surface area contributed by atoms with Crippen LogP contribution in [0.25, 0.3) is 0 Å². The largest absolute Gasteiger partial charge is 0.339 e. The summed E-state index contributed by atoms with van der Waals surface area (Å²) in [6, 6.07) is 0. The van der Waals surface area contributed by atoms with E-state index in [0.29, 0.717) is 30.1 Å². The lowest BCUT2D eigenvalue weighted by Crippen LogP contribution is -2.22. The van der Waals surface area contributed by atoms with Crippen molar-refractivity contribution in [2.75, 3.05) is 5.75 Å². The third-order valence-electron chi connectivity index (χ3n) is 5.44. The average Bonchev–Trinajstić information content (AvgIpc) is 3.16. The molecule has 0 radical (unpaired) electrons. The molecule has 1 aromatic rings. The van der Waals surface area contributed by atoms with Crippen molar-refractivity contribution < 1.29 is 12.9 Å². The molecule has 1 heterocycles. The van der Waals surface area contributed by atoms with Gasteiger partial charge in [-0.3, -0.25) is 0 Å². The van der Waals surface area contributed by atoms with Crippen LogP contribution in [0.15, 0.2) is 4.52 Å². The average molecular weight is 340 g/mol. The monoisotopic (exact) mass is 340 g/mol. The summed E-state index contributed by atoms with van der Waals surface area (Å²) in [6.07, 6.45) is 7.52. The zero-order chi connectivity index (χ0) is 16.4. The molecule has 0 N–H and O–H groups in total. The van der Waals surface area contributed by atoms with E-state index in [0.717, 1.165) is 44.3 Å². The van der Waals surface area contributed by atoms with Crippen LogP contribution in [0.3, 0.4) is 0 Å². The minimum absolute atomic E-state index is 0.136. The number of sulfone groups is 1. The first-order valence-electron chi connectivity index (χ1n) is 8.98.